The van der Waals surface area contributed by atoms with Gasteiger partial charge in [-0.1, -0.05) is 6.92 Å². The summed E-state index contributed by atoms with van der Waals surface area (Å²) >= 11 is 0. The molecule has 104 valence electrons. The normalized spacial score (nSPS) is 19.3. The summed E-state index contributed by atoms with van der Waals surface area (Å²) in [6.07, 6.45) is 3.13. The molecule has 1 fully saturated rings. The Morgan fingerprint density at radius 3 is 2.79 bits per heavy atom. The standard InChI is InChI=1S/C15H22N2O2/c1-3-15(18)16-12-6-8-13(9-7-12)17-10-4-5-14(11-17)19-2/h6-9,14H,3-5,10-11H2,1-2H3,(H,16,18). The summed E-state index contributed by atoms with van der Waals surface area (Å²) in [6.45, 7) is 3.86. The van der Waals surface area contributed by atoms with E-state index in [9.17, 15) is 4.79 Å². The van der Waals surface area contributed by atoms with E-state index in [0.29, 0.717) is 12.5 Å². The number of rotatable bonds is 4. The number of benzene rings is 1. The van der Waals surface area contributed by atoms with Gasteiger partial charge < -0.3 is 15.0 Å². The van der Waals surface area contributed by atoms with Crippen molar-refractivity contribution in [2.75, 3.05) is 30.4 Å². The van der Waals surface area contributed by atoms with Crippen LogP contribution in [0.2, 0.25) is 0 Å². The molecule has 1 amide bonds. The lowest BCUT2D eigenvalue weighted by Gasteiger charge is -2.33. The number of ether oxygens (including phenoxy) is 1. The van der Waals surface area contributed by atoms with Gasteiger partial charge in [-0.3, -0.25) is 4.79 Å². The monoisotopic (exact) mass is 262 g/mol. The number of amides is 1. The number of nitrogens with zero attached hydrogens (tertiary/aromatic N) is 1. The molecule has 1 unspecified atom stereocenters. The van der Waals surface area contributed by atoms with Crippen molar-refractivity contribution in [2.24, 2.45) is 0 Å². The van der Waals surface area contributed by atoms with Gasteiger partial charge in [-0.15, -0.1) is 0 Å². The Morgan fingerprint density at radius 1 is 1.42 bits per heavy atom. The Kier molecular flexibility index (Phi) is 4.80. The quantitative estimate of drug-likeness (QED) is 0.907. The fourth-order valence-corrected chi connectivity index (χ4v) is 2.37. The Labute approximate surface area is 114 Å². The summed E-state index contributed by atoms with van der Waals surface area (Å²) in [5.41, 5.74) is 2.05. The third kappa shape index (κ3) is 3.70. The SMILES string of the molecule is CCC(=O)Nc1ccc(N2CCCC(OC)C2)cc1. The van der Waals surface area contributed by atoms with Crippen LogP contribution in [0.5, 0.6) is 0 Å². The van der Waals surface area contributed by atoms with Crippen LogP contribution in [0.1, 0.15) is 26.2 Å². The summed E-state index contributed by atoms with van der Waals surface area (Å²) in [5.74, 6) is 0.0465. The van der Waals surface area contributed by atoms with Crippen molar-refractivity contribution in [3.63, 3.8) is 0 Å². The second kappa shape index (κ2) is 6.57. The van der Waals surface area contributed by atoms with Crippen LogP contribution in [0.3, 0.4) is 0 Å². The Morgan fingerprint density at radius 2 is 2.16 bits per heavy atom. The molecule has 1 saturated heterocycles. The summed E-state index contributed by atoms with van der Waals surface area (Å²) < 4.78 is 5.44. The van der Waals surface area contributed by atoms with Crippen molar-refractivity contribution >= 4 is 17.3 Å². The molecule has 0 bridgehead atoms. The smallest absolute Gasteiger partial charge is 0.224 e. The molecular formula is C15H22N2O2. The van der Waals surface area contributed by atoms with Crippen LogP contribution >= 0.6 is 0 Å². The van der Waals surface area contributed by atoms with Gasteiger partial charge in [-0.25, -0.2) is 0 Å². The van der Waals surface area contributed by atoms with Crippen molar-refractivity contribution in [1.29, 1.82) is 0 Å². The molecule has 4 nitrogen and oxygen atoms in total. The lowest BCUT2D eigenvalue weighted by Crippen LogP contribution is -2.39. The van der Waals surface area contributed by atoms with E-state index in [2.05, 4.69) is 22.3 Å². The van der Waals surface area contributed by atoms with Gasteiger partial charge >= 0.3 is 0 Å². The van der Waals surface area contributed by atoms with Gasteiger partial charge in [0.2, 0.25) is 5.91 Å². The highest BCUT2D eigenvalue weighted by Crippen LogP contribution is 2.22. The number of piperidine rings is 1. The first kappa shape index (κ1) is 13.9. The molecule has 0 saturated carbocycles. The molecule has 0 spiro atoms. The number of hydrogen-bond acceptors (Lipinski definition) is 3. The van der Waals surface area contributed by atoms with Crippen LogP contribution in [-0.4, -0.2) is 32.2 Å². The first-order valence-electron chi connectivity index (χ1n) is 6.90. The van der Waals surface area contributed by atoms with E-state index in [1.807, 2.05) is 19.1 Å². The predicted octanol–water partition coefficient (Wildman–Crippen LogP) is 2.65. The average Bonchev–Trinajstić information content (AvgIpc) is 2.48. The van der Waals surface area contributed by atoms with Gasteiger partial charge in [-0.05, 0) is 37.1 Å². The van der Waals surface area contributed by atoms with Crippen LogP contribution in [0, 0.1) is 0 Å². The molecule has 1 N–H and O–H groups in total. The van der Waals surface area contributed by atoms with E-state index in [1.165, 1.54) is 5.69 Å². The van der Waals surface area contributed by atoms with Gasteiger partial charge in [0, 0.05) is 38.0 Å². The minimum absolute atomic E-state index is 0.0465. The summed E-state index contributed by atoms with van der Waals surface area (Å²) in [7, 11) is 1.78. The number of carbonyl (C=O) groups excluding carboxylic acids is 1. The van der Waals surface area contributed by atoms with E-state index < -0.39 is 0 Å². The maximum absolute atomic E-state index is 11.3. The highest BCUT2D eigenvalue weighted by atomic mass is 16.5. The Balaban J connectivity index is 1.99. The van der Waals surface area contributed by atoms with Crippen molar-refractivity contribution < 1.29 is 9.53 Å². The minimum Gasteiger partial charge on any atom is -0.380 e. The van der Waals surface area contributed by atoms with Gasteiger partial charge in [0.1, 0.15) is 0 Å². The van der Waals surface area contributed by atoms with E-state index in [1.54, 1.807) is 7.11 Å². The highest BCUT2D eigenvalue weighted by molar-refractivity contribution is 5.90. The third-order valence-electron chi connectivity index (χ3n) is 3.55. The maximum Gasteiger partial charge on any atom is 0.224 e. The number of carbonyl (C=O) groups is 1. The topological polar surface area (TPSA) is 41.6 Å². The number of methoxy groups -OCH3 is 1. The molecule has 1 atom stereocenters. The van der Waals surface area contributed by atoms with Crippen molar-refractivity contribution in [2.45, 2.75) is 32.3 Å². The molecule has 1 aliphatic heterocycles. The van der Waals surface area contributed by atoms with Gasteiger partial charge in [0.15, 0.2) is 0 Å². The predicted molar refractivity (Wildman–Crippen MR) is 77.6 cm³/mol. The van der Waals surface area contributed by atoms with Crippen molar-refractivity contribution in [3.8, 4) is 0 Å². The van der Waals surface area contributed by atoms with E-state index in [0.717, 1.165) is 31.6 Å². The summed E-state index contributed by atoms with van der Waals surface area (Å²) in [5, 5.41) is 2.86. The lowest BCUT2D eigenvalue weighted by molar-refractivity contribution is -0.115. The fraction of sp³-hybridized carbons (Fsp3) is 0.533. The molecule has 0 aromatic heterocycles. The lowest BCUT2D eigenvalue weighted by atomic mass is 10.1. The fourth-order valence-electron chi connectivity index (χ4n) is 2.37. The van der Waals surface area contributed by atoms with E-state index in [4.69, 9.17) is 4.74 Å². The van der Waals surface area contributed by atoms with Gasteiger partial charge in [-0.2, -0.15) is 0 Å². The summed E-state index contributed by atoms with van der Waals surface area (Å²) in [6, 6.07) is 8.03. The van der Waals surface area contributed by atoms with Crippen molar-refractivity contribution in [3.05, 3.63) is 24.3 Å². The van der Waals surface area contributed by atoms with Crippen LogP contribution < -0.4 is 10.2 Å². The van der Waals surface area contributed by atoms with E-state index in [-0.39, 0.29) is 5.91 Å². The number of anilines is 2. The molecule has 0 radical (unpaired) electrons. The molecule has 4 heteroatoms. The Bertz CT molecular complexity index is 417. The second-order valence-corrected chi connectivity index (χ2v) is 4.89. The molecule has 1 heterocycles. The zero-order valence-corrected chi connectivity index (χ0v) is 11.7. The third-order valence-corrected chi connectivity index (χ3v) is 3.55. The second-order valence-electron chi connectivity index (χ2n) is 4.89. The van der Waals surface area contributed by atoms with Crippen LogP contribution in [-0.2, 0) is 9.53 Å². The summed E-state index contributed by atoms with van der Waals surface area (Å²) in [4.78, 5) is 13.6. The zero-order valence-electron chi connectivity index (χ0n) is 11.7. The Hall–Kier alpha value is -1.55. The largest absolute Gasteiger partial charge is 0.380 e. The first-order chi connectivity index (χ1) is 9.22. The van der Waals surface area contributed by atoms with Gasteiger partial charge in [0.25, 0.3) is 0 Å². The van der Waals surface area contributed by atoms with Crippen molar-refractivity contribution in [1.82, 2.24) is 0 Å². The molecule has 2 rings (SSSR count). The molecule has 1 aliphatic rings. The van der Waals surface area contributed by atoms with E-state index >= 15 is 0 Å². The zero-order chi connectivity index (χ0) is 13.7. The first-order valence-corrected chi connectivity index (χ1v) is 6.90. The molecule has 0 aliphatic carbocycles. The maximum atomic E-state index is 11.3. The molecular weight excluding hydrogens is 240 g/mol. The molecule has 1 aromatic carbocycles. The van der Waals surface area contributed by atoms with Crippen LogP contribution in [0.25, 0.3) is 0 Å². The number of nitrogens with one attached hydrogen (secondary N) is 1. The minimum atomic E-state index is 0.0465. The highest BCUT2D eigenvalue weighted by Gasteiger charge is 2.19. The molecule has 19 heavy (non-hydrogen) atoms. The molecule has 1 aromatic rings. The van der Waals surface area contributed by atoms with Gasteiger partial charge in [0.05, 0.1) is 6.10 Å². The van der Waals surface area contributed by atoms with Crippen LogP contribution in [0.15, 0.2) is 24.3 Å². The average molecular weight is 262 g/mol. The number of hydrogen-bond donors (Lipinski definition) is 1. The van der Waals surface area contributed by atoms with Crippen LogP contribution in [0.4, 0.5) is 11.4 Å².